The van der Waals surface area contributed by atoms with Gasteiger partial charge in [-0.05, 0) is 23.6 Å². The maximum atomic E-state index is 13.4. The first-order valence-electron chi connectivity index (χ1n) is 7.20. The van der Waals surface area contributed by atoms with Crippen LogP contribution in [0.2, 0.25) is 0 Å². The van der Waals surface area contributed by atoms with Gasteiger partial charge >= 0.3 is 5.97 Å². The van der Waals surface area contributed by atoms with Crippen LogP contribution in [0.25, 0.3) is 0 Å². The van der Waals surface area contributed by atoms with E-state index in [4.69, 9.17) is 4.74 Å². The standard InChI is InChI=1S/C18H16FNO3S/c19-16-9-5-4-6-14(16)12-20-17(21)13-23-18(22)10-11-24-15-7-2-1-3-8-15/h1-11H,12-13H2,(H,20,21)/b11-10+. The van der Waals surface area contributed by atoms with E-state index >= 15 is 0 Å². The third-order valence-corrected chi connectivity index (χ3v) is 3.75. The number of ether oxygens (including phenoxy) is 1. The second-order valence-electron chi connectivity index (χ2n) is 4.71. The van der Waals surface area contributed by atoms with E-state index in [1.54, 1.807) is 23.6 Å². The molecule has 4 nitrogen and oxygen atoms in total. The molecule has 2 rings (SSSR count). The van der Waals surface area contributed by atoms with Gasteiger partial charge in [-0.15, -0.1) is 0 Å². The molecule has 0 unspecified atom stereocenters. The highest BCUT2D eigenvalue weighted by atomic mass is 32.2. The van der Waals surface area contributed by atoms with E-state index < -0.39 is 24.3 Å². The zero-order valence-electron chi connectivity index (χ0n) is 12.8. The lowest BCUT2D eigenvalue weighted by atomic mass is 10.2. The van der Waals surface area contributed by atoms with Gasteiger partial charge < -0.3 is 10.1 Å². The molecule has 0 bridgehead atoms. The molecule has 0 heterocycles. The number of benzene rings is 2. The summed E-state index contributed by atoms with van der Waals surface area (Å²) in [5.41, 5.74) is 0.372. The highest BCUT2D eigenvalue weighted by Crippen LogP contribution is 2.17. The largest absolute Gasteiger partial charge is 0.452 e. The van der Waals surface area contributed by atoms with Gasteiger partial charge in [-0.1, -0.05) is 48.2 Å². The van der Waals surface area contributed by atoms with Gasteiger partial charge in [-0.25, -0.2) is 9.18 Å². The minimum absolute atomic E-state index is 0.0444. The van der Waals surface area contributed by atoms with Gasteiger partial charge in [0.1, 0.15) is 5.82 Å². The van der Waals surface area contributed by atoms with E-state index in [0.717, 1.165) is 4.90 Å². The maximum absolute atomic E-state index is 13.4. The first kappa shape index (κ1) is 17.7. The summed E-state index contributed by atoms with van der Waals surface area (Å²) in [4.78, 5) is 24.1. The summed E-state index contributed by atoms with van der Waals surface area (Å²) in [6.07, 6.45) is 1.25. The summed E-state index contributed by atoms with van der Waals surface area (Å²) in [5, 5.41) is 4.08. The molecule has 0 saturated carbocycles. The lowest BCUT2D eigenvalue weighted by Crippen LogP contribution is -2.28. The van der Waals surface area contributed by atoms with Gasteiger partial charge in [-0.3, -0.25) is 4.79 Å². The van der Waals surface area contributed by atoms with Crippen LogP contribution < -0.4 is 5.32 Å². The molecule has 1 N–H and O–H groups in total. The molecule has 0 fully saturated rings. The van der Waals surface area contributed by atoms with Crippen LogP contribution in [0.5, 0.6) is 0 Å². The van der Waals surface area contributed by atoms with E-state index in [1.807, 2.05) is 30.3 Å². The van der Waals surface area contributed by atoms with Gasteiger partial charge in [0.25, 0.3) is 5.91 Å². The van der Waals surface area contributed by atoms with E-state index in [1.165, 1.54) is 23.9 Å². The molecule has 2 aromatic carbocycles. The predicted molar refractivity (Wildman–Crippen MR) is 90.6 cm³/mol. The van der Waals surface area contributed by atoms with E-state index in [0.29, 0.717) is 5.56 Å². The number of rotatable bonds is 7. The summed E-state index contributed by atoms with van der Waals surface area (Å²) in [5.74, 6) is -1.49. The molecule has 6 heteroatoms. The molecule has 0 aliphatic rings. The molecule has 124 valence electrons. The highest BCUT2D eigenvalue weighted by molar-refractivity contribution is 8.02. The van der Waals surface area contributed by atoms with Crippen molar-refractivity contribution in [3.8, 4) is 0 Å². The third kappa shape index (κ3) is 6.26. The van der Waals surface area contributed by atoms with Gasteiger partial charge in [0.05, 0.1) is 0 Å². The number of hydrogen-bond acceptors (Lipinski definition) is 4. The number of esters is 1. The number of hydrogen-bond donors (Lipinski definition) is 1. The smallest absolute Gasteiger partial charge is 0.331 e. The lowest BCUT2D eigenvalue weighted by Gasteiger charge is -2.06. The minimum Gasteiger partial charge on any atom is -0.452 e. The third-order valence-electron chi connectivity index (χ3n) is 2.93. The molecular formula is C18H16FNO3S. The second-order valence-corrected chi connectivity index (χ2v) is 5.69. The normalized spacial score (nSPS) is 10.5. The fraction of sp³-hybridized carbons (Fsp3) is 0.111. The number of thioether (sulfide) groups is 1. The van der Waals surface area contributed by atoms with Crippen LogP contribution in [0.1, 0.15) is 5.56 Å². The number of halogens is 1. The van der Waals surface area contributed by atoms with Gasteiger partial charge in [0, 0.05) is 23.1 Å². The van der Waals surface area contributed by atoms with Gasteiger partial charge in [0.15, 0.2) is 6.61 Å². The quantitative estimate of drug-likeness (QED) is 0.475. The Balaban J connectivity index is 1.67. The van der Waals surface area contributed by atoms with Crippen LogP contribution in [-0.4, -0.2) is 18.5 Å². The molecule has 2 aromatic rings. The van der Waals surface area contributed by atoms with Crippen LogP contribution in [0, 0.1) is 5.82 Å². The molecule has 1 amide bonds. The van der Waals surface area contributed by atoms with Crippen molar-refractivity contribution in [3.05, 3.63) is 77.5 Å². The van der Waals surface area contributed by atoms with Crippen molar-refractivity contribution in [3.63, 3.8) is 0 Å². The van der Waals surface area contributed by atoms with Crippen LogP contribution in [0.15, 0.2) is 71.0 Å². The molecule has 0 aliphatic heterocycles. The molecule has 0 radical (unpaired) electrons. The number of amides is 1. The number of carbonyl (C=O) groups is 2. The van der Waals surface area contributed by atoms with Crippen molar-refractivity contribution < 1.29 is 18.7 Å². The van der Waals surface area contributed by atoms with Crippen LogP contribution in [-0.2, 0) is 20.9 Å². The molecule has 0 aliphatic carbocycles. The molecular weight excluding hydrogens is 329 g/mol. The Hall–Kier alpha value is -2.60. The summed E-state index contributed by atoms with van der Waals surface area (Å²) >= 11 is 1.37. The van der Waals surface area contributed by atoms with Gasteiger partial charge in [-0.2, -0.15) is 0 Å². The van der Waals surface area contributed by atoms with E-state index in [-0.39, 0.29) is 6.54 Å². The van der Waals surface area contributed by atoms with Crippen LogP contribution in [0.3, 0.4) is 0 Å². The minimum atomic E-state index is -0.612. The summed E-state index contributed by atoms with van der Waals surface area (Å²) in [6.45, 7) is -0.365. The first-order chi connectivity index (χ1) is 11.6. The summed E-state index contributed by atoms with van der Waals surface area (Å²) in [7, 11) is 0. The van der Waals surface area contributed by atoms with E-state index in [9.17, 15) is 14.0 Å². The Morgan fingerprint density at radius 2 is 1.79 bits per heavy atom. The number of nitrogens with one attached hydrogen (secondary N) is 1. The molecule has 24 heavy (non-hydrogen) atoms. The second kappa shape index (κ2) is 9.52. The Morgan fingerprint density at radius 1 is 1.08 bits per heavy atom. The molecule has 0 aromatic heterocycles. The van der Waals surface area contributed by atoms with Crippen molar-refractivity contribution >= 4 is 23.6 Å². The molecule has 0 spiro atoms. The maximum Gasteiger partial charge on any atom is 0.331 e. The summed E-state index contributed by atoms with van der Waals surface area (Å²) < 4.78 is 18.2. The summed E-state index contributed by atoms with van der Waals surface area (Å²) in [6, 6.07) is 15.7. The Kier molecular flexibility index (Phi) is 7.04. The Bertz CT molecular complexity index is 719. The topological polar surface area (TPSA) is 55.4 Å². The lowest BCUT2D eigenvalue weighted by molar-refractivity contribution is -0.143. The average Bonchev–Trinajstić information content (AvgIpc) is 2.60. The van der Waals surface area contributed by atoms with Gasteiger partial charge in [0.2, 0.25) is 0 Å². The SMILES string of the molecule is O=C(COC(=O)/C=C/Sc1ccccc1)NCc1ccccc1F. The first-order valence-corrected chi connectivity index (χ1v) is 8.08. The Labute approximate surface area is 143 Å². The van der Waals surface area contributed by atoms with Crippen LogP contribution >= 0.6 is 11.8 Å². The fourth-order valence-corrected chi connectivity index (χ4v) is 2.39. The monoisotopic (exact) mass is 345 g/mol. The van der Waals surface area contributed by atoms with Crippen molar-refractivity contribution in [1.82, 2.24) is 5.32 Å². The Morgan fingerprint density at radius 3 is 2.54 bits per heavy atom. The van der Waals surface area contributed by atoms with E-state index in [2.05, 4.69) is 5.32 Å². The van der Waals surface area contributed by atoms with Crippen molar-refractivity contribution in [2.75, 3.05) is 6.61 Å². The fourth-order valence-electron chi connectivity index (χ4n) is 1.74. The van der Waals surface area contributed by atoms with Crippen molar-refractivity contribution in [1.29, 1.82) is 0 Å². The van der Waals surface area contributed by atoms with Crippen molar-refractivity contribution in [2.45, 2.75) is 11.4 Å². The number of carbonyl (C=O) groups excluding carboxylic acids is 2. The zero-order valence-corrected chi connectivity index (χ0v) is 13.6. The molecule has 0 saturated heterocycles. The molecule has 0 atom stereocenters. The van der Waals surface area contributed by atoms with Crippen molar-refractivity contribution in [2.24, 2.45) is 0 Å². The predicted octanol–water partition coefficient (Wildman–Crippen LogP) is 3.29. The van der Waals surface area contributed by atoms with Crippen LogP contribution in [0.4, 0.5) is 4.39 Å². The zero-order chi connectivity index (χ0) is 17.2. The average molecular weight is 345 g/mol. The highest BCUT2D eigenvalue weighted by Gasteiger charge is 2.06.